The number of ether oxygens (including phenoxy) is 1. The minimum atomic E-state index is -3.72. The van der Waals surface area contributed by atoms with Crippen molar-refractivity contribution in [3.8, 4) is 5.75 Å². The van der Waals surface area contributed by atoms with E-state index in [1.807, 2.05) is 30.3 Å². The molecule has 0 unspecified atom stereocenters. The predicted molar refractivity (Wildman–Crippen MR) is 98.2 cm³/mol. The third-order valence-corrected chi connectivity index (χ3v) is 6.40. The maximum absolute atomic E-state index is 12.9. The van der Waals surface area contributed by atoms with E-state index in [2.05, 4.69) is 5.32 Å². The highest BCUT2D eigenvalue weighted by atomic mass is 32.2. The van der Waals surface area contributed by atoms with Gasteiger partial charge in [0.1, 0.15) is 11.8 Å². The zero-order chi connectivity index (χ0) is 18.6. The molecule has 2 aromatic carbocycles. The van der Waals surface area contributed by atoms with Gasteiger partial charge in [0.2, 0.25) is 15.9 Å². The molecule has 1 N–H and O–H groups in total. The van der Waals surface area contributed by atoms with Gasteiger partial charge in [-0.3, -0.25) is 4.79 Å². The lowest BCUT2D eigenvalue weighted by Crippen LogP contribution is -2.45. The molecular weight excluding hydrogens is 352 g/mol. The molecule has 1 heterocycles. The molecule has 1 saturated heterocycles. The average Bonchev–Trinajstić information content (AvgIpc) is 3.18. The Morgan fingerprint density at radius 3 is 2.50 bits per heavy atom. The normalized spacial score (nSPS) is 17.8. The third-order valence-electron chi connectivity index (χ3n) is 4.48. The maximum atomic E-state index is 12.9. The molecule has 0 aliphatic carbocycles. The average molecular weight is 374 g/mol. The first kappa shape index (κ1) is 18.4. The number of carbonyl (C=O) groups excluding carboxylic acids is 1. The van der Waals surface area contributed by atoms with Gasteiger partial charge < -0.3 is 10.1 Å². The lowest BCUT2D eigenvalue weighted by Gasteiger charge is -2.23. The molecular formula is C19H22N2O4S. The smallest absolute Gasteiger partial charge is 0.243 e. The molecule has 26 heavy (non-hydrogen) atoms. The molecule has 0 saturated carbocycles. The predicted octanol–water partition coefficient (Wildman–Crippen LogP) is 2.16. The van der Waals surface area contributed by atoms with Gasteiger partial charge in [-0.1, -0.05) is 30.3 Å². The van der Waals surface area contributed by atoms with Gasteiger partial charge in [-0.25, -0.2) is 8.42 Å². The number of rotatable bonds is 6. The molecule has 0 bridgehead atoms. The van der Waals surface area contributed by atoms with E-state index in [4.69, 9.17) is 4.74 Å². The maximum Gasteiger partial charge on any atom is 0.243 e. The second-order valence-electron chi connectivity index (χ2n) is 6.15. The molecule has 138 valence electrons. The second-order valence-corrected chi connectivity index (χ2v) is 8.04. The van der Waals surface area contributed by atoms with Crippen molar-refractivity contribution in [2.75, 3.05) is 13.7 Å². The van der Waals surface area contributed by atoms with Gasteiger partial charge in [-0.05, 0) is 42.7 Å². The van der Waals surface area contributed by atoms with Crippen molar-refractivity contribution >= 4 is 15.9 Å². The second kappa shape index (κ2) is 7.88. The van der Waals surface area contributed by atoms with Crippen LogP contribution in [0.15, 0.2) is 59.5 Å². The van der Waals surface area contributed by atoms with Crippen LogP contribution in [0.2, 0.25) is 0 Å². The van der Waals surface area contributed by atoms with Crippen molar-refractivity contribution in [1.82, 2.24) is 9.62 Å². The molecule has 2 aromatic rings. The van der Waals surface area contributed by atoms with Crippen molar-refractivity contribution in [1.29, 1.82) is 0 Å². The first-order valence-corrected chi connectivity index (χ1v) is 9.94. The Kier molecular flexibility index (Phi) is 5.58. The Bertz CT molecular complexity index is 851. The van der Waals surface area contributed by atoms with E-state index in [1.54, 1.807) is 12.1 Å². The Morgan fingerprint density at radius 1 is 1.15 bits per heavy atom. The van der Waals surface area contributed by atoms with Gasteiger partial charge in [0, 0.05) is 13.1 Å². The molecule has 0 radical (unpaired) electrons. The molecule has 6 nitrogen and oxygen atoms in total. The quantitative estimate of drug-likeness (QED) is 0.841. The first-order chi connectivity index (χ1) is 12.5. The molecule has 1 aliphatic heterocycles. The van der Waals surface area contributed by atoms with E-state index in [-0.39, 0.29) is 10.8 Å². The van der Waals surface area contributed by atoms with Gasteiger partial charge in [0.15, 0.2) is 0 Å². The topological polar surface area (TPSA) is 75.7 Å². The number of amides is 1. The summed E-state index contributed by atoms with van der Waals surface area (Å²) in [4.78, 5) is 12.7. The minimum absolute atomic E-state index is 0.168. The molecule has 1 amide bonds. The zero-order valence-electron chi connectivity index (χ0n) is 14.6. The van der Waals surface area contributed by atoms with Gasteiger partial charge in [0.05, 0.1) is 12.0 Å². The lowest BCUT2D eigenvalue weighted by atomic mass is 10.2. The standard InChI is InChI=1S/C19H22N2O4S/c1-25-16-9-11-17(12-10-16)26(23,24)21-13-5-8-18(21)19(22)20-14-15-6-3-2-4-7-15/h2-4,6-7,9-12,18H,5,8,13-14H2,1H3,(H,20,22)/t18-/m0/s1. The minimum Gasteiger partial charge on any atom is -0.497 e. The van der Waals surface area contributed by atoms with Crippen LogP contribution in [0.1, 0.15) is 18.4 Å². The van der Waals surface area contributed by atoms with Crippen molar-refractivity contribution in [2.45, 2.75) is 30.3 Å². The Labute approximate surface area is 153 Å². The molecule has 0 aromatic heterocycles. The molecule has 3 rings (SSSR count). The lowest BCUT2D eigenvalue weighted by molar-refractivity contribution is -0.124. The highest BCUT2D eigenvalue weighted by Crippen LogP contribution is 2.27. The van der Waals surface area contributed by atoms with Gasteiger partial charge in [0.25, 0.3) is 0 Å². The van der Waals surface area contributed by atoms with Crippen LogP contribution < -0.4 is 10.1 Å². The summed E-state index contributed by atoms with van der Waals surface area (Å²) in [5.74, 6) is 0.325. The number of sulfonamides is 1. The van der Waals surface area contributed by atoms with Gasteiger partial charge >= 0.3 is 0 Å². The Balaban J connectivity index is 1.72. The summed E-state index contributed by atoms with van der Waals surface area (Å²) >= 11 is 0. The number of carbonyl (C=O) groups is 1. The van der Waals surface area contributed by atoms with Crippen LogP contribution in [0.3, 0.4) is 0 Å². The van der Waals surface area contributed by atoms with Gasteiger partial charge in [-0.15, -0.1) is 0 Å². The molecule has 1 atom stereocenters. The Morgan fingerprint density at radius 2 is 1.85 bits per heavy atom. The number of benzene rings is 2. The van der Waals surface area contributed by atoms with Crippen molar-refractivity contribution in [3.05, 3.63) is 60.2 Å². The number of nitrogens with zero attached hydrogens (tertiary/aromatic N) is 1. The summed E-state index contributed by atoms with van der Waals surface area (Å²) in [6.07, 6.45) is 1.19. The summed E-state index contributed by atoms with van der Waals surface area (Å²) in [6.45, 7) is 0.727. The molecule has 1 aliphatic rings. The summed E-state index contributed by atoms with van der Waals surface area (Å²) < 4.78 is 32.2. The largest absolute Gasteiger partial charge is 0.497 e. The van der Waals surface area contributed by atoms with Crippen LogP contribution in [0.5, 0.6) is 5.75 Å². The van der Waals surface area contributed by atoms with E-state index in [1.165, 1.54) is 23.5 Å². The monoisotopic (exact) mass is 374 g/mol. The fourth-order valence-electron chi connectivity index (χ4n) is 3.08. The fraction of sp³-hybridized carbons (Fsp3) is 0.316. The van der Waals surface area contributed by atoms with E-state index in [9.17, 15) is 13.2 Å². The van der Waals surface area contributed by atoms with Crippen LogP contribution in [0.4, 0.5) is 0 Å². The summed E-state index contributed by atoms with van der Waals surface area (Å²) in [5.41, 5.74) is 0.975. The van der Waals surface area contributed by atoms with Crippen molar-refractivity contribution in [3.63, 3.8) is 0 Å². The summed E-state index contributed by atoms with van der Waals surface area (Å²) in [5, 5.41) is 2.85. The van der Waals surface area contributed by atoms with Crippen LogP contribution in [-0.2, 0) is 21.4 Å². The third kappa shape index (κ3) is 3.89. The zero-order valence-corrected chi connectivity index (χ0v) is 15.4. The van der Waals surface area contributed by atoms with Crippen LogP contribution >= 0.6 is 0 Å². The number of methoxy groups -OCH3 is 1. The van der Waals surface area contributed by atoms with Crippen molar-refractivity contribution < 1.29 is 17.9 Å². The number of hydrogen-bond acceptors (Lipinski definition) is 4. The van der Waals surface area contributed by atoms with E-state index < -0.39 is 16.1 Å². The molecule has 0 spiro atoms. The van der Waals surface area contributed by atoms with Crippen molar-refractivity contribution in [2.24, 2.45) is 0 Å². The van der Waals surface area contributed by atoms with Crippen LogP contribution in [-0.4, -0.2) is 38.3 Å². The fourth-order valence-corrected chi connectivity index (χ4v) is 4.73. The molecule has 7 heteroatoms. The number of nitrogens with one attached hydrogen (secondary N) is 1. The highest BCUT2D eigenvalue weighted by molar-refractivity contribution is 7.89. The SMILES string of the molecule is COc1ccc(S(=O)(=O)N2CCC[C@H]2C(=O)NCc2ccccc2)cc1. The summed E-state index contributed by atoms with van der Waals surface area (Å²) in [6, 6.07) is 15.1. The summed E-state index contributed by atoms with van der Waals surface area (Å²) in [7, 11) is -2.20. The van der Waals surface area contributed by atoms with E-state index in [0.29, 0.717) is 31.7 Å². The van der Waals surface area contributed by atoms with Gasteiger partial charge in [-0.2, -0.15) is 4.31 Å². The first-order valence-electron chi connectivity index (χ1n) is 8.50. The van der Waals surface area contributed by atoms with Crippen LogP contribution in [0, 0.1) is 0 Å². The van der Waals surface area contributed by atoms with E-state index >= 15 is 0 Å². The van der Waals surface area contributed by atoms with Crippen LogP contribution in [0.25, 0.3) is 0 Å². The molecule has 1 fully saturated rings. The Hall–Kier alpha value is -2.38. The number of hydrogen-bond donors (Lipinski definition) is 1. The highest BCUT2D eigenvalue weighted by Gasteiger charge is 2.39. The van der Waals surface area contributed by atoms with E-state index in [0.717, 1.165) is 5.56 Å².